The molecule has 28 heavy (non-hydrogen) atoms. The summed E-state index contributed by atoms with van der Waals surface area (Å²) >= 11 is 6.22. The molecule has 0 radical (unpaired) electrons. The minimum atomic E-state index is -3.43. The van der Waals surface area contributed by atoms with Crippen molar-refractivity contribution < 1.29 is 17.9 Å². The van der Waals surface area contributed by atoms with Crippen molar-refractivity contribution >= 4 is 39.2 Å². The molecule has 1 aromatic carbocycles. The second-order valence-electron chi connectivity index (χ2n) is 6.76. The van der Waals surface area contributed by atoms with Crippen LogP contribution in [0.25, 0.3) is 0 Å². The van der Waals surface area contributed by atoms with Crippen LogP contribution in [0.3, 0.4) is 0 Å². The molecular weight excluding hydrogens is 406 g/mol. The number of sulfonamides is 1. The van der Waals surface area contributed by atoms with Crippen LogP contribution < -0.4 is 9.62 Å². The Balaban J connectivity index is 1.53. The molecule has 3 heterocycles. The van der Waals surface area contributed by atoms with Gasteiger partial charge in [0.2, 0.25) is 16.0 Å². The van der Waals surface area contributed by atoms with Gasteiger partial charge in [-0.25, -0.2) is 8.42 Å². The largest absolute Gasteiger partial charge is 0.370 e. The van der Waals surface area contributed by atoms with Crippen LogP contribution in [0.5, 0.6) is 0 Å². The van der Waals surface area contributed by atoms with E-state index in [0.29, 0.717) is 31.1 Å². The van der Waals surface area contributed by atoms with Gasteiger partial charge in [0.25, 0.3) is 5.91 Å². The third-order valence-corrected chi connectivity index (χ3v) is 6.96. The summed E-state index contributed by atoms with van der Waals surface area (Å²) in [5, 5.41) is 9.67. The molecule has 11 heteroatoms. The SMILES string of the molecule is O=C(Nc1n[nH]c([C@@H]2CCCO2)n1)c1ccc(Cl)c(N2CCCCS2(=O)=O)c1. The number of amides is 1. The average molecular weight is 426 g/mol. The third-order valence-electron chi connectivity index (χ3n) is 4.79. The lowest BCUT2D eigenvalue weighted by Crippen LogP contribution is -2.38. The summed E-state index contributed by atoms with van der Waals surface area (Å²) in [5.74, 6) is 0.329. The molecule has 0 aliphatic carbocycles. The number of hydrogen-bond donors (Lipinski definition) is 2. The Kier molecular flexibility index (Phi) is 5.26. The maximum absolute atomic E-state index is 12.6. The summed E-state index contributed by atoms with van der Waals surface area (Å²) in [5.41, 5.74) is 0.577. The number of H-pyrrole nitrogens is 1. The highest BCUT2D eigenvalue weighted by atomic mass is 35.5. The van der Waals surface area contributed by atoms with Crippen molar-refractivity contribution in [2.45, 2.75) is 31.8 Å². The van der Waals surface area contributed by atoms with Crippen molar-refractivity contribution in [1.29, 1.82) is 0 Å². The van der Waals surface area contributed by atoms with Crippen LogP contribution in [0.4, 0.5) is 11.6 Å². The van der Waals surface area contributed by atoms with Gasteiger partial charge in [0.1, 0.15) is 6.10 Å². The van der Waals surface area contributed by atoms with E-state index in [9.17, 15) is 13.2 Å². The minimum absolute atomic E-state index is 0.0724. The van der Waals surface area contributed by atoms with Gasteiger partial charge in [0, 0.05) is 18.7 Å². The van der Waals surface area contributed by atoms with Crippen molar-refractivity contribution in [3.8, 4) is 0 Å². The molecule has 0 saturated carbocycles. The lowest BCUT2D eigenvalue weighted by molar-refractivity contribution is 0.102. The fourth-order valence-corrected chi connectivity index (χ4v) is 5.26. The van der Waals surface area contributed by atoms with Crippen molar-refractivity contribution in [3.63, 3.8) is 0 Å². The molecule has 2 aromatic rings. The van der Waals surface area contributed by atoms with Gasteiger partial charge in [-0.3, -0.25) is 19.5 Å². The molecule has 4 rings (SSSR count). The fraction of sp³-hybridized carbons (Fsp3) is 0.471. The summed E-state index contributed by atoms with van der Waals surface area (Å²) in [7, 11) is -3.43. The molecule has 9 nitrogen and oxygen atoms in total. The molecule has 1 aromatic heterocycles. The molecule has 0 spiro atoms. The Morgan fingerprint density at radius 3 is 2.93 bits per heavy atom. The van der Waals surface area contributed by atoms with E-state index in [1.807, 2.05) is 0 Å². The van der Waals surface area contributed by atoms with Gasteiger partial charge >= 0.3 is 0 Å². The summed E-state index contributed by atoms with van der Waals surface area (Å²) < 4.78 is 31.5. The number of ether oxygens (including phenoxy) is 1. The number of carbonyl (C=O) groups is 1. The zero-order chi connectivity index (χ0) is 19.7. The lowest BCUT2D eigenvalue weighted by Gasteiger charge is -2.29. The summed E-state index contributed by atoms with van der Waals surface area (Å²) in [6.45, 7) is 1.03. The Morgan fingerprint density at radius 2 is 2.18 bits per heavy atom. The number of halogens is 1. The molecule has 2 saturated heterocycles. The molecule has 2 N–H and O–H groups in total. The smallest absolute Gasteiger partial charge is 0.258 e. The van der Waals surface area contributed by atoms with E-state index in [0.717, 1.165) is 19.3 Å². The molecule has 2 aliphatic rings. The van der Waals surface area contributed by atoms with Crippen LogP contribution in [-0.2, 0) is 14.8 Å². The fourth-order valence-electron chi connectivity index (χ4n) is 3.35. The van der Waals surface area contributed by atoms with E-state index in [2.05, 4.69) is 20.5 Å². The van der Waals surface area contributed by atoms with Crippen LogP contribution in [-0.4, -0.2) is 48.4 Å². The number of aromatic amines is 1. The predicted molar refractivity (Wildman–Crippen MR) is 104 cm³/mol. The van der Waals surface area contributed by atoms with Crippen LogP contribution in [0.15, 0.2) is 18.2 Å². The highest BCUT2D eigenvalue weighted by Crippen LogP contribution is 2.32. The number of carbonyl (C=O) groups excluding carboxylic acids is 1. The van der Waals surface area contributed by atoms with Crippen LogP contribution in [0.1, 0.15) is 48.0 Å². The van der Waals surface area contributed by atoms with Crippen LogP contribution in [0, 0.1) is 0 Å². The zero-order valence-electron chi connectivity index (χ0n) is 15.0. The topological polar surface area (TPSA) is 117 Å². The Bertz CT molecular complexity index is 987. The van der Waals surface area contributed by atoms with Gasteiger partial charge in [0.15, 0.2) is 5.82 Å². The highest BCUT2D eigenvalue weighted by molar-refractivity contribution is 7.92. The molecule has 0 bridgehead atoms. The number of anilines is 2. The Hall–Kier alpha value is -2.17. The summed E-state index contributed by atoms with van der Waals surface area (Å²) in [6.07, 6.45) is 3.04. The quantitative estimate of drug-likeness (QED) is 0.777. The van der Waals surface area contributed by atoms with Crippen LogP contribution in [0.2, 0.25) is 5.02 Å². The van der Waals surface area contributed by atoms with Gasteiger partial charge in [0.05, 0.1) is 16.5 Å². The Morgan fingerprint density at radius 1 is 1.32 bits per heavy atom. The van der Waals surface area contributed by atoms with Crippen molar-refractivity contribution in [2.75, 3.05) is 28.5 Å². The predicted octanol–water partition coefficient (Wildman–Crippen LogP) is 2.49. The van der Waals surface area contributed by atoms with E-state index < -0.39 is 15.9 Å². The lowest BCUT2D eigenvalue weighted by atomic mass is 10.2. The molecule has 0 unspecified atom stereocenters. The normalized spacial score (nSPS) is 21.6. The number of rotatable bonds is 4. The van der Waals surface area contributed by atoms with E-state index in [1.54, 1.807) is 0 Å². The first-order valence-electron chi connectivity index (χ1n) is 9.09. The maximum atomic E-state index is 12.6. The first-order chi connectivity index (χ1) is 13.4. The second-order valence-corrected chi connectivity index (χ2v) is 9.18. The second kappa shape index (κ2) is 7.69. The molecule has 150 valence electrons. The Labute approximate surface area is 167 Å². The van der Waals surface area contributed by atoms with E-state index in [1.165, 1.54) is 22.5 Å². The molecule has 1 amide bonds. The number of aromatic nitrogens is 3. The number of nitrogens with zero attached hydrogens (tertiary/aromatic N) is 3. The summed E-state index contributed by atoms with van der Waals surface area (Å²) in [4.78, 5) is 16.9. The maximum Gasteiger partial charge on any atom is 0.258 e. The number of nitrogens with one attached hydrogen (secondary N) is 2. The molecular formula is C17H20ClN5O4S. The first kappa shape index (κ1) is 19.2. The van der Waals surface area contributed by atoms with E-state index in [4.69, 9.17) is 16.3 Å². The van der Waals surface area contributed by atoms with Gasteiger partial charge in [-0.1, -0.05) is 11.6 Å². The van der Waals surface area contributed by atoms with E-state index in [-0.39, 0.29) is 28.4 Å². The number of hydrogen-bond acceptors (Lipinski definition) is 6. The standard InChI is InChI=1S/C17H20ClN5O4S/c18-12-6-5-11(10-13(12)23-7-1-2-9-28(23,25)26)16(24)20-17-19-15(21-22-17)14-4-3-8-27-14/h5-6,10,14H,1-4,7-9H2,(H2,19,20,21,22,24)/t14-/m0/s1. The van der Waals surface area contributed by atoms with Crippen molar-refractivity contribution in [3.05, 3.63) is 34.6 Å². The average Bonchev–Trinajstić information content (AvgIpc) is 3.33. The highest BCUT2D eigenvalue weighted by Gasteiger charge is 2.28. The van der Waals surface area contributed by atoms with Gasteiger partial charge in [-0.15, -0.1) is 5.10 Å². The zero-order valence-corrected chi connectivity index (χ0v) is 16.6. The molecule has 1 atom stereocenters. The summed E-state index contributed by atoms with van der Waals surface area (Å²) in [6, 6.07) is 4.53. The first-order valence-corrected chi connectivity index (χ1v) is 11.1. The van der Waals surface area contributed by atoms with Crippen LogP contribution >= 0.6 is 11.6 Å². The van der Waals surface area contributed by atoms with Gasteiger partial charge < -0.3 is 4.74 Å². The minimum Gasteiger partial charge on any atom is -0.370 e. The van der Waals surface area contributed by atoms with Crippen molar-refractivity contribution in [1.82, 2.24) is 15.2 Å². The number of benzene rings is 1. The third kappa shape index (κ3) is 3.85. The van der Waals surface area contributed by atoms with E-state index >= 15 is 0 Å². The monoisotopic (exact) mass is 425 g/mol. The van der Waals surface area contributed by atoms with Gasteiger partial charge in [-0.2, -0.15) is 4.98 Å². The van der Waals surface area contributed by atoms with Gasteiger partial charge in [-0.05, 0) is 43.9 Å². The molecule has 2 fully saturated rings. The molecule has 2 aliphatic heterocycles. The van der Waals surface area contributed by atoms with Crippen molar-refractivity contribution in [2.24, 2.45) is 0 Å².